The number of fused-ring (bicyclic) bond motifs is 1. The van der Waals surface area contributed by atoms with Crippen LogP contribution in [0.5, 0.6) is 5.75 Å². The van der Waals surface area contributed by atoms with Crippen LogP contribution in [-0.4, -0.2) is 21.1 Å². The van der Waals surface area contributed by atoms with Crippen molar-refractivity contribution in [3.63, 3.8) is 0 Å². The maximum atomic E-state index is 12.9. The van der Waals surface area contributed by atoms with Crippen LogP contribution in [0, 0.1) is 13.8 Å². The fourth-order valence-electron chi connectivity index (χ4n) is 2.98. The second-order valence-electron chi connectivity index (χ2n) is 6.33. The molecular formula is C21H19N3O2. The molecule has 5 heteroatoms. The van der Waals surface area contributed by atoms with E-state index in [0.29, 0.717) is 11.4 Å². The van der Waals surface area contributed by atoms with E-state index in [9.17, 15) is 4.79 Å². The van der Waals surface area contributed by atoms with E-state index >= 15 is 0 Å². The first-order chi connectivity index (χ1) is 12.6. The molecule has 0 unspecified atom stereocenters. The Balaban J connectivity index is 1.85. The summed E-state index contributed by atoms with van der Waals surface area (Å²) in [5.41, 5.74) is 5.19. The van der Waals surface area contributed by atoms with Gasteiger partial charge in [0.05, 0.1) is 18.5 Å². The predicted molar refractivity (Wildman–Crippen MR) is 102 cm³/mol. The van der Waals surface area contributed by atoms with Gasteiger partial charge in [-0.25, -0.2) is 4.98 Å². The minimum Gasteiger partial charge on any atom is -0.497 e. The number of benzene rings is 2. The molecule has 0 saturated heterocycles. The molecule has 0 atom stereocenters. The number of hydrogen-bond donors (Lipinski definition) is 0. The Morgan fingerprint density at radius 2 is 1.85 bits per heavy atom. The van der Waals surface area contributed by atoms with Crippen molar-refractivity contribution in [3.8, 4) is 22.7 Å². The minimum absolute atomic E-state index is 0.171. The maximum absolute atomic E-state index is 12.9. The number of aromatic nitrogens is 3. The van der Waals surface area contributed by atoms with Gasteiger partial charge in [0.25, 0.3) is 5.56 Å². The van der Waals surface area contributed by atoms with E-state index in [1.54, 1.807) is 22.3 Å². The first-order valence-corrected chi connectivity index (χ1v) is 8.39. The number of aryl methyl sites for hydroxylation is 2. The number of methoxy groups -OCH3 is 1. The van der Waals surface area contributed by atoms with Crippen LogP contribution in [0.4, 0.5) is 0 Å². The normalized spacial score (nSPS) is 11.0. The van der Waals surface area contributed by atoms with Crippen LogP contribution in [0.2, 0.25) is 0 Å². The lowest BCUT2D eigenvalue weighted by Crippen LogP contribution is -2.19. The van der Waals surface area contributed by atoms with E-state index in [1.807, 2.05) is 42.7 Å². The molecule has 0 bridgehead atoms. The molecule has 2 aromatic heterocycles. The van der Waals surface area contributed by atoms with Crippen LogP contribution in [0.3, 0.4) is 0 Å². The molecule has 0 aliphatic carbocycles. The molecular weight excluding hydrogens is 326 g/mol. The lowest BCUT2D eigenvalue weighted by atomic mass is 10.1. The summed E-state index contributed by atoms with van der Waals surface area (Å²) < 4.78 is 8.60. The molecule has 0 N–H and O–H groups in total. The SMILES string of the molecule is COc1cccc(-n2ccn3cc(-c4ccc(C)c(C)c4)nc3c2=O)c1. The van der Waals surface area contributed by atoms with Crippen molar-refractivity contribution in [2.24, 2.45) is 0 Å². The Labute approximate surface area is 151 Å². The van der Waals surface area contributed by atoms with Gasteiger partial charge in [0.15, 0.2) is 0 Å². The highest BCUT2D eigenvalue weighted by atomic mass is 16.5. The van der Waals surface area contributed by atoms with E-state index < -0.39 is 0 Å². The molecule has 0 saturated carbocycles. The summed E-state index contributed by atoms with van der Waals surface area (Å²) in [5.74, 6) is 0.702. The van der Waals surface area contributed by atoms with Crippen LogP contribution in [0.1, 0.15) is 11.1 Å². The molecule has 5 nitrogen and oxygen atoms in total. The molecule has 4 aromatic rings. The fourth-order valence-corrected chi connectivity index (χ4v) is 2.98. The highest BCUT2D eigenvalue weighted by Crippen LogP contribution is 2.21. The van der Waals surface area contributed by atoms with Crippen molar-refractivity contribution in [2.45, 2.75) is 13.8 Å². The average molecular weight is 345 g/mol. The molecule has 26 heavy (non-hydrogen) atoms. The topological polar surface area (TPSA) is 48.5 Å². The molecule has 0 amide bonds. The Morgan fingerprint density at radius 3 is 2.62 bits per heavy atom. The van der Waals surface area contributed by atoms with Crippen molar-refractivity contribution in [1.29, 1.82) is 0 Å². The Kier molecular flexibility index (Phi) is 3.84. The monoisotopic (exact) mass is 345 g/mol. The summed E-state index contributed by atoms with van der Waals surface area (Å²) in [6.07, 6.45) is 5.47. The van der Waals surface area contributed by atoms with E-state index in [4.69, 9.17) is 4.74 Å². The third kappa shape index (κ3) is 2.67. The van der Waals surface area contributed by atoms with E-state index in [0.717, 1.165) is 16.9 Å². The van der Waals surface area contributed by atoms with Gasteiger partial charge in [-0.05, 0) is 43.2 Å². The molecule has 2 heterocycles. The van der Waals surface area contributed by atoms with Gasteiger partial charge in [-0.2, -0.15) is 0 Å². The summed E-state index contributed by atoms with van der Waals surface area (Å²) >= 11 is 0. The largest absolute Gasteiger partial charge is 0.497 e. The molecule has 0 fully saturated rings. The Bertz CT molecular complexity index is 1170. The molecule has 2 aromatic carbocycles. The predicted octanol–water partition coefficient (Wildman–Crippen LogP) is 3.78. The van der Waals surface area contributed by atoms with Crippen molar-refractivity contribution in [2.75, 3.05) is 7.11 Å². The standard InChI is InChI=1S/C21H19N3O2/c1-14-7-8-16(11-15(14)2)19-13-23-9-10-24(21(25)20(23)22-19)17-5-4-6-18(12-17)26-3/h4-13H,1-3H3. The minimum atomic E-state index is -0.171. The van der Waals surface area contributed by atoms with Gasteiger partial charge in [0.2, 0.25) is 5.65 Å². The summed E-state index contributed by atoms with van der Waals surface area (Å²) in [6, 6.07) is 13.6. The van der Waals surface area contributed by atoms with Crippen molar-refractivity contribution >= 4 is 5.65 Å². The Morgan fingerprint density at radius 1 is 1.00 bits per heavy atom. The zero-order chi connectivity index (χ0) is 18.3. The van der Waals surface area contributed by atoms with Crippen LogP contribution in [0.15, 0.2) is 65.8 Å². The first kappa shape index (κ1) is 16.1. The molecule has 130 valence electrons. The fraction of sp³-hybridized carbons (Fsp3) is 0.143. The molecule has 0 aliphatic rings. The van der Waals surface area contributed by atoms with Crippen LogP contribution >= 0.6 is 0 Å². The van der Waals surface area contributed by atoms with Gasteiger partial charge in [-0.15, -0.1) is 0 Å². The molecule has 0 spiro atoms. The number of hydrogen-bond acceptors (Lipinski definition) is 3. The van der Waals surface area contributed by atoms with Crippen LogP contribution in [-0.2, 0) is 0 Å². The summed E-state index contributed by atoms with van der Waals surface area (Å²) in [4.78, 5) is 17.5. The summed E-state index contributed by atoms with van der Waals surface area (Å²) in [5, 5.41) is 0. The zero-order valence-electron chi connectivity index (χ0n) is 14.9. The number of ether oxygens (including phenoxy) is 1. The van der Waals surface area contributed by atoms with Gasteiger partial charge < -0.3 is 9.14 Å². The lowest BCUT2D eigenvalue weighted by molar-refractivity contribution is 0.414. The smallest absolute Gasteiger partial charge is 0.298 e. The first-order valence-electron chi connectivity index (χ1n) is 8.39. The van der Waals surface area contributed by atoms with Gasteiger partial charge in [-0.3, -0.25) is 9.36 Å². The maximum Gasteiger partial charge on any atom is 0.298 e. The zero-order valence-corrected chi connectivity index (χ0v) is 14.9. The van der Waals surface area contributed by atoms with Gasteiger partial charge in [-0.1, -0.05) is 18.2 Å². The highest BCUT2D eigenvalue weighted by molar-refractivity contribution is 5.64. The quantitative estimate of drug-likeness (QED) is 0.568. The van der Waals surface area contributed by atoms with Gasteiger partial charge in [0, 0.05) is 30.2 Å². The number of nitrogens with zero attached hydrogens (tertiary/aromatic N) is 3. The third-order valence-corrected chi connectivity index (χ3v) is 4.65. The van der Waals surface area contributed by atoms with E-state index in [2.05, 4.69) is 31.0 Å². The second kappa shape index (κ2) is 6.19. The van der Waals surface area contributed by atoms with Crippen LogP contribution in [0.25, 0.3) is 22.6 Å². The number of rotatable bonds is 3. The molecule has 0 radical (unpaired) electrons. The Hall–Kier alpha value is -3.34. The highest BCUT2D eigenvalue weighted by Gasteiger charge is 2.11. The second-order valence-corrected chi connectivity index (χ2v) is 6.33. The van der Waals surface area contributed by atoms with Crippen molar-refractivity contribution in [1.82, 2.24) is 14.0 Å². The van der Waals surface area contributed by atoms with Crippen LogP contribution < -0.4 is 10.3 Å². The molecule has 4 rings (SSSR count). The molecule has 0 aliphatic heterocycles. The van der Waals surface area contributed by atoms with Crippen molar-refractivity contribution in [3.05, 3.63) is 82.5 Å². The van der Waals surface area contributed by atoms with Crippen molar-refractivity contribution < 1.29 is 4.74 Å². The summed E-state index contributed by atoms with van der Waals surface area (Å²) in [7, 11) is 1.61. The van der Waals surface area contributed by atoms with E-state index in [1.165, 1.54) is 11.1 Å². The third-order valence-electron chi connectivity index (χ3n) is 4.65. The van der Waals surface area contributed by atoms with Gasteiger partial charge >= 0.3 is 0 Å². The van der Waals surface area contributed by atoms with Gasteiger partial charge in [0.1, 0.15) is 5.75 Å². The average Bonchev–Trinajstić information content (AvgIpc) is 3.09. The lowest BCUT2D eigenvalue weighted by Gasteiger charge is -2.07. The van der Waals surface area contributed by atoms with E-state index in [-0.39, 0.29) is 5.56 Å². The summed E-state index contributed by atoms with van der Waals surface area (Å²) in [6.45, 7) is 4.15. The number of imidazole rings is 1.